The normalized spacial score (nSPS) is 11.0. The van der Waals surface area contributed by atoms with Crippen LogP contribution >= 0.6 is 0 Å². The molecule has 0 saturated carbocycles. The van der Waals surface area contributed by atoms with Crippen molar-refractivity contribution in [2.45, 2.75) is 19.9 Å². The zero-order valence-corrected chi connectivity index (χ0v) is 9.18. The van der Waals surface area contributed by atoms with E-state index in [2.05, 4.69) is 10.2 Å². The number of rotatable bonds is 2. The van der Waals surface area contributed by atoms with Crippen LogP contribution in [0.2, 0.25) is 0 Å². The van der Waals surface area contributed by atoms with Gasteiger partial charge in [-0.25, -0.2) is 4.39 Å². The molecular formula is C11H13FN4. The highest BCUT2D eigenvalue weighted by atomic mass is 19.1. The Morgan fingerprint density at radius 2 is 2.12 bits per heavy atom. The fraction of sp³-hybridized carbons (Fsp3) is 0.273. The Balaban J connectivity index is 2.58. The van der Waals surface area contributed by atoms with E-state index in [4.69, 9.17) is 5.73 Å². The third kappa shape index (κ3) is 1.76. The van der Waals surface area contributed by atoms with Gasteiger partial charge >= 0.3 is 0 Å². The molecule has 16 heavy (non-hydrogen) atoms. The van der Waals surface area contributed by atoms with Gasteiger partial charge in [-0.2, -0.15) is 0 Å². The third-order valence-corrected chi connectivity index (χ3v) is 2.39. The van der Waals surface area contributed by atoms with E-state index in [0.29, 0.717) is 17.1 Å². The van der Waals surface area contributed by atoms with Crippen LogP contribution in [0.3, 0.4) is 0 Å². The van der Waals surface area contributed by atoms with Gasteiger partial charge in [0.2, 0.25) is 0 Å². The highest BCUT2D eigenvalue weighted by molar-refractivity contribution is 5.71. The van der Waals surface area contributed by atoms with Gasteiger partial charge < -0.3 is 10.3 Å². The van der Waals surface area contributed by atoms with Gasteiger partial charge in [0.1, 0.15) is 12.1 Å². The lowest BCUT2D eigenvalue weighted by Gasteiger charge is -2.11. The van der Waals surface area contributed by atoms with Crippen molar-refractivity contribution < 1.29 is 4.39 Å². The standard InChI is InChI=1S/C11H13FN4/c1-7(2)16-6-14-15-11(16)9-5-8(12)3-4-10(9)13/h3-7H,13H2,1-2H3. The molecule has 0 aliphatic carbocycles. The second kappa shape index (κ2) is 3.92. The highest BCUT2D eigenvalue weighted by Crippen LogP contribution is 2.26. The summed E-state index contributed by atoms with van der Waals surface area (Å²) in [6.45, 7) is 4.00. The smallest absolute Gasteiger partial charge is 0.166 e. The number of nitrogens with zero attached hydrogens (tertiary/aromatic N) is 3. The van der Waals surface area contributed by atoms with Crippen LogP contribution in [0.4, 0.5) is 10.1 Å². The molecule has 0 fully saturated rings. The quantitative estimate of drug-likeness (QED) is 0.790. The Hall–Kier alpha value is -1.91. The Kier molecular flexibility index (Phi) is 2.60. The van der Waals surface area contributed by atoms with Crippen LogP contribution in [0.25, 0.3) is 11.4 Å². The van der Waals surface area contributed by atoms with Crippen molar-refractivity contribution in [3.63, 3.8) is 0 Å². The van der Waals surface area contributed by atoms with Gasteiger partial charge in [0.05, 0.1) is 0 Å². The predicted molar refractivity (Wildman–Crippen MR) is 60.2 cm³/mol. The lowest BCUT2D eigenvalue weighted by Crippen LogP contribution is -2.03. The molecule has 5 heteroatoms. The molecule has 0 saturated heterocycles. The van der Waals surface area contributed by atoms with E-state index in [1.165, 1.54) is 18.2 Å². The summed E-state index contributed by atoms with van der Waals surface area (Å²) in [6.07, 6.45) is 1.62. The number of anilines is 1. The molecule has 2 aromatic rings. The fourth-order valence-corrected chi connectivity index (χ4v) is 1.54. The van der Waals surface area contributed by atoms with E-state index < -0.39 is 0 Å². The zero-order chi connectivity index (χ0) is 11.7. The van der Waals surface area contributed by atoms with Crippen molar-refractivity contribution >= 4 is 5.69 Å². The Bertz CT molecular complexity index is 504. The molecule has 2 rings (SSSR count). The lowest BCUT2D eigenvalue weighted by atomic mass is 10.1. The molecule has 1 heterocycles. The van der Waals surface area contributed by atoms with E-state index in [1.807, 2.05) is 18.4 Å². The topological polar surface area (TPSA) is 56.7 Å². The summed E-state index contributed by atoms with van der Waals surface area (Å²) in [4.78, 5) is 0. The first kappa shape index (κ1) is 10.6. The van der Waals surface area contributed by atoms with Crippen molar-refractivity contribution in [1.29, 1.82) is 0 Å². The number of nitrogens with two attached hydrogens (primary N) is 1. The fourth-order valence-electron chi connectivity index (χ4n) is 1.54. The molecule has 0 aliphatic heterocycles. The van der Waals surface area contributed by atoms with E-state index in [-0.39, 0.29) is 11.9 Å². The maximum Gasteiger partial charge on any atom is 0.166 e. The predicted octanol–water partition coefficient (Wildman–Crippen LogP) is 2.25. The van der Waals surface area contributed by atoms with Crippen molar-refractivity contribution in [2.75, 3.05) is 5.73 Å². The van der Waals surface area contributed by atoms with E-state index in [1.54, 1.807) is 6.33 Å². The average molecular weight is 220 g/mol. The van der Waals surface area contributed by atoms with Crippen molar-refractivity contribution in [3.05, 3.63) is 30.3 Å². The molecule has 1 aromatic carbocycles. The number of benzene rings is 1. The van der Waals surface area contributed by atoms with E-state index >= 15 is 0 Å². The van der Waals surface area contributed by atoms with Crippen LogP contribution in [0.5, 0.6) is 0 Å². The van der Waals surface area contributed by atoms with Gasteiger partial charge in [-0.3, -0.25) is 0 Å². The van der Waals surface area contributed by atoms with Gasteiger partial charge in [-0.1, -0.05) is 0 Å². The number of aromatic nitrogens is 3. The summed E-state index contributed by atoms with van der Waals surface area (Å²) >= 11 is 0. The van der Waals surface area contributed by atoms with Crippen molar-refractivity contribution in [3.8, 4) is 11.4 Å². The monoisotopic (exact) mass is 220 g/mol. The van der Waals surface area contributed by atoms with Gasteiger partial charge in [0.15, 0.2) is 5.82 Å². The van der Waals surface area contributed by atoms with Crippen LogP contribution in [0.1, 0.15) is 19.9 Å². The molecule has 1 aromatic heterocycles. The van der Waals surface area contributed by atoms with Gasteiger partial charge in [-0.05, 0) is 32.0 Å². The molecule has 0 bridgehead atoms. The summed E-state index contributed by atoms with van der Waals surface area (Å²) in [7, 11) is 0. The van der Waals surface area contributed by atoms with Crippen LogP contribution in [-0.2, 0) is 0 Å². The van der Waals surface area contributed by atoms with Crippen LogP contribution in [0.15, 0.2) is 24.5 Å². The summed E-state index contributed by atoms with van der Waals surface area (Å²) in [5.41, 5.74) is 6.87. The maximum absolute atomic E-state index is 13.2. The van der Waals surface area contributed by atoms with Crippen LogP contribution < -0.4 is 5.73 Å². The van der Waals surface area contributed by atoms with Crippen molar-refractivity contribution in [1.82, 2.24) is 14.8 Å². The molecule has 2 N–H and O–H groups in total. The van der Waals surface area contributed by atoms with E-state index in [9.17, 15) is 4.39 Å². The average Bonchev–Trinajstić information content (AvgIpc) is 2.70. The number of nitrogen functional groups attached to an aromatic ring is 1. The Morgan fingerprint density at radius 3 is 2.81 bits per heavy atom. The Morgan fingerprint density at radius 1 is 1.38 bits per heavy atom. The van der Waals surface area contributed by atoms with E-state index in [0.717, 1.165) is 0 Å². The number of hydrogen-bond donors (Lipinski definition) is 1. The molecule has 0 spiro atoms. The molecule has 4 nitrogen and oxygen atoms in total. The second-order valence-electron chi connectivity index (χ2n) is 3.89. The minimum atomic E-state index is -0.331. The van der Waals surface area contributed by atoms with Gasteiger partial charge in [-0.15, -0.1) is 10.2 Å². The first-order valence-corrected chi connectivity index (χ1v) is 5.04. The minimum Gasteiger partial charge on any atom is -0.398 e. The molecular weight excluding hydrogens is 207 g/mol. The second-order valence-corrected chi connectivity index (χ2v) is 3.89. The molecule has 0 atom stereocenters. The van der Waals surface area contributed by atoms with Crippen LogP contribution in [0, 0.1) is 5.82 Å². The van der Waals surface area contributed by atoms with Gasteiger partial charge in [0, 0.05) is 17.3 Å². The maximum atomic E-state index is 13.2. The lowest BCUT2D eigenvalue weighted by molar-refractivity contribution is 0.602. The Labute approximate surface area is 92.9 Å². The van der Waals surface area contributed by atoms with Crippen LogP contribution in [-0.4, -0.2) is 14.8 Å². The number of halogens is 1. The minimum absolute atomic E-state index is 0.202. The largest absolute Gasteiger partial charge is 0.398 e. The summed E-state index contributed by atoms with van der Waals surface area (Å²) in [5.74, 6) is 0.259. The third-order valence-electron chi connectivity index (χ3n) is 2.39. The summed E-state index contributed by atoms with van der Waals surface area (Å²) < 4.78 is 15.0. The molecule has 84 valence electrons. The van der Waals surface area contributed by atoms with Crippen molar-refractivity contribution in [2.24, 2.45) is 0 Å². The van der Waals surface area contributed by atoms with Gasteiger partial charge in [0.25, 0.3) is 0 Å². The first-order chi connectivity index (χ1) is 7.59. The summed E-state index contributed by atoms with van der Waals surface area (Å²) in [6, 6.07) is 4.43. The SMILES string of the molecule is CC(C)n1cnnc1-c1cc(F)ccc1N. The molecule has 0 aliphatic rings. The summed E-state index contributed by atoms with van der Waals surface area (Å²) in [5, 5.41) is 7.80. The zero-order valence-electron chi connectivity index (χ0n) is 9.18. The molecule has 0 unspecified atom stereocenters. The number of hydrogen-bond acceptors (Lipinski definition) is 3. The molecule has 0 radical (unpaired) electrons. The highest BCUT2D eigenvalue weighted by Gasteiger charge is 2.13. The molecule has 0 amide bonds. The first-order valence-electron chi connectivity index (χ1n) is 5.04.